The van der Waals surface area contributed by atoms with Crippen molar-refractivity contribution in [3.05, 3.63) is 0 Å². The lowest BCUT2D eigenvalue weighted by Crippen LogP contribution is -2.28. The van der Waals surface area contributed by atoms with Crippen LogP contribution < -0.4 is 0 Å². The van der Waals surface area contributed by atoms with Gasteiger partial charge in [0.1, 0.15) is 0 Å². The summed E-state index contributed by atoms with van der Waals surface area (Å²) in [6.07, 6.45) is 1.16. The van der Waals surface area contributed by atoms with Crippen molar-refractivity contribution in [3.63, 3.8) is 0 Å². The van der Waals surface area contributed by atoms with E-state index < -0.39 is 5.97 Å². The number of carboxylic acids is 1. The van der Waals surface area contributed by atoms with E-state index in [9.17, 15) is 9.59 Å². The number of carbonyl (C=O) groups is 2. The van der Waals surface area contributed by atoms with E-state index in [-0.39, 0.29) is 12.5 Å². The van der Waals surface area contributed by atoms with E-state index in [1.165, 1.54) is 4.90 Å². The number of amides is 1. The van der Waals surface area contributed by atoms with Crippen molar-refractivity contribution in [2.45, 2.75) is 12.8 Å². The van der Waals surface area contributed by atoms with Crippen LogP contribution in [0.4, 0.5) is 0 Å². The van der Waals surface area contributed by atoms with Gasteiger partial charge in [0.15, 0.2) is 0 Å². The van der Waals surface area contributed by atoms with Crippen LogP contribution in [-0.2, 0) is 9.59 Å². The van der Waals surface area contributed by atoms with Gasteiger partial charge in [0, 0.05) is 20.5 Å². The Bertz CT molecular complexity index is 204. The third-order valence-corrected chi connectivity index (χ3v) is 1.83. The van der Waals surface area contributed by atoms with Crippen LogP contribution in [0.2, 0.25) is 0 Å². The lowest BCUT2D eigenvalue weighted by Gasteiger charge is -2.14. The third-order valence-electron chi connectivity index (χ3n) is 1.83. The zero-order chi connectivity index (χ0) is 11.1. The average molecular weight is 202 g/mol. The molecule has 1 amide bonds. The van der Waals surface area contributed by atoms with E-state index in [2.05, 4.69) is 0 Å². The molecule has 0 aromatic rings. The molecule has 0 radical (unpaired) electrons. The van der Waals surface area contributed by atoms with Gasteiger partial charge in [0.25, 0.3) is 0 Å². The van der Waals surface area contributed by atoms with Crippen molar-refractivity contribution in [1.29, 1.82) is 0 Å². The lowest BCUT2D eigenvalue weighted by molar-refractivity contribution is -0.137. The smallest absolute Gasteiger partial charge is 0.317 e. The fraction of sp³-hybridized carbons (Fsp3) is 0.778. The molecule has 0 aromatic heterocycles. The first-order chi connectivity index (χ1) is 6.43. The number of carbonyl (C=O) groups excluding carboxylic acids is 1. The molecule has 82 valence electrons. The first kappa shape index (κ1) is 12.9. The molecule has 0 spiro atoms. The highest BCUT2D eigenvalue weighted by atomic mass is 16.4. The zero-order valence-corrected chi connectivity index (χ0v) is 8.99. The Labute approximate surface area is 84.3 Å². The minimum absolute atomic E-state index is 0.0240. The molecule has 0 saturated carbocycles. The first-order valence-corrected chi connectivity index (χ1v) is 4.54. The maximum atomic E-state index is 11.1. The number of aliphatic carboxylic acids is 1. The van der Waals surface area contributed by atoms with Crippen molar-refractivity contribution in [3.8, 4) is 0 Å². The van der Waals surface area contributed by atoms with Crippen LogP contribution in [0.3, 0.4) is 0 Å². The van der Waals surface area contributed by atoms with Gasteiger partial charge in [0.05, 0.1) is 6.54 Å². The first-order valence-electron chi connectivity index (χ1n) is 4.54. The summed E-state index contributed by atoms with van der Waals surface area (Å²) < 4.78 is 0. The van der Waals surface area contributed by atoms with Crippen LogP contribution in [0.5, 0.6) is 0 Å². The Morgan fingerprint density at radius 1 is 1.21 bits per heavy atom. The molecular weight excluding hydrogens is 184 g/mol. The fourth-order valence-electron chi connectivity index (χ4n) is 1.03. The Hall–Kier alpha value is -1.10. The number of nitrogens with zero attached hydrogens (tertiary/aromatic N) is 2. The topological polar surface area (TPSA) is 60.9 Å². The van der Waals surface area contributed by atoms with Gasteiger partial charge in [-0.2, -0.15) is 0 Å². The third kappa shape index (κ3) is 6.42. The molecule has 0 atom stereocenters. The highest BCUT2D eigenvalue weighted by molar-refractivity contribution is 5.75. The molecular formula is C9H18N2O3. The standard InChI is InChI=1S/C9H18N2O3/c1-10(2)8(12)5-4-6-11(3)7-9(13)14/h4-7H2,1-3H3,(H,13,14). The Morgan fingerprint density at radius 2 is 1.79 bits per heavy atom. The number of hydrogen-bond donors (Lipinski definition) is 1. The van der Waals surface area contributed by atoms with Crippen molar-refractivity contribution in [2.24, 2.45) is 0 Å². The molecule has 0 aromatic carbocycles. The Kier molecular flexibility index (Phi) is 5.87. The van der Waals surface area contributed by atoms with Crippen LogP contribution in [0.1, 0.15) is 12.8 Å². The molecule has 14 heavy (non-hydrogen) atoms. The van der Waals surface area contributed by atoms with E-state index in [1.54, 1.807) is 26.0 Å². The van der Waals surface area contributed by atoms with E-state index in [0.717, 1.165) is 0 Å². The van der Waals surface area contributed by atoms with Crippen LogP contribution in [0.25, 0.3) is 0 Å². The predicted octanol–water partition coefficient (Wildman–Crippen LogP) is -0.129. The monoisotopic (exact) mass is 202 g/mol. The molecule has 0 aliphatic carbocycles. The predicted molar refractivity (Wildman–Crippen MR) is 53.1 cm³/mol. The quantitative estimate of drug-likeness (QED) is 0.652. The highest BCUT2D eigenvalue weighted by Gasteiger charge is 2.06. The summed E-state index contributed by atoms with van der Waals surface area (Å²) in [6, 6.07) is 0. The minimum Gasteiger partial charge on any atom is -0.480 e. The molecule has 1 N–H and O–H groups in total. The number of rotatable bonds is 6. The average Bonchev–Trinajstić information content (AvgIpc) is 2.02. The van der Waals surface area contributed by atoms with Gasteiger partial charge in [-0.15, -0.1) is 0 Å². The SMILES string of the molecule is CN(CCCC(=O)N(C)C)CC(=O)O. The summed E-state index contributed by atoms with van der Waals surface area (Å²) in [4.78, 5) is 24.7. The molecule has 0 heterocycles. The normalized spacial score (nSPS) is 10.3. The van der Waals surface area contributed by atoms with Gasteiger partial charge in [-0.05, 0) is 20.0 Å². The van der Waals surface area contributed by atoms with Crippen LogP contribution >= 0.6 is 0 Å². The fourth-order valence-corrected chi connectivity index (χ4v) is 1.03. The van der Waals surface area contributed by atoms with Gasteiger partial charge < -0.3 is 10.0 Å². The number of hydrogen-bond acceptors (Lipinski definition) is 3. The summed E-state index contributed by atoms with van der Waals surface area (Å²) in [5.41, 5.74) is 0. The highest BCUT2D eigenvalue weighted by Crippen LogP contribution is 1.95. The zero-order valence-electron chi connectivity index (χ0n) is 8.99. The van der Waals surface area contributed by atoms with Gasteiger partial charge in [-0.1, -0.05) is 0 Å². The van der Waals surface area contributed by atoms with Crippen molar-refractivity contribution >= 4 is 11.9 Å². The van der Waals surface area contributed by atoms with Crippen LogP contribution in [0, 0.1) is 0 Å². The molecule has 0 aliphatic rings. The van der Waals surface area contributed by atoms with Gasteiger partial charge in [0.2, 0.25) is 5.91 Å². The largest absolute Gasteiger partial charge is 0.480 e. The number of carboxylic acid groups (broad SMARTS) is 1. The summed E-state index contributed by atoms with van der Waals surface area (Å²) in [5.74, 6) is -0.764. The summed E-state index contributed by atoms with van der Waals surface area (Å²) in [7, 11) is 5.15. The number of likely N-dealkylation sites (N-methyl/N-ethyl adjacent to an activating group) is 1. The lowest BCUT2D eigenvalue weighted by atomic mass is 10.2. The molecule has 5 heteroatoms. The maximum absolute atomic E-state index is 11.1. The maximum Gasteiger partial charge on any atom is 0.317 e. The summed E-state index contributed by atoms with van der Waals surface area (Å²) in [5, 5.41) is 8.46. The Balaban J connectivity index is 3.54. The van der Waals surface area contributed by atoms with Gasteiger partial charge in [-0.25, -0.2) is 0 Å². The second-order valence-corrected chi connectivity index (χ2v) is 3.52. The summed E-state index contributed by atoms with van der Waals surface area (Å²) in [6.45, 7) is 0.655. The van der Waals surface area contributed by atoms with E-state index in [0.29, 0.717) is 19.4 Å². The molecule has 0 fully saturated rings. The molecule has 0 bridgehead atoms. The molecule has 5 nitrogen and oxygen atoms in total. The van der Waals surface area contributed by atoms with Crippen molar-refractivity contribution in [1.82, 2.24) is 9.80 Å². The molecule has 0 aliphatic heterocycles. The summed E-state index contributed by atoms with van der Waals surface area (Å²) >= 11 is 0. The molecule has 0 rings (SSSR count). The van der Waals surface area contributed by atoms with Crippen molar-refractivity contribution < 1.29 is 14.7 Å². The van der Waals surface area contributed by atoms with Crippen molar-refractivity contribution in [2.75, 3.05) is 34.2 Å². The van der Waals surface area contributed by atoms with Gasteiger partial charge in [-0.3, -0.25) is 14.5 Å². The van der Waals surface area contributed by atoms with Crippen LogP contribution in [0.15, 0.2) is 0 Å². The molecule has 0 unspecified atom stereocenters. The second kappa shape index (κ2) is 6.37. The minimum atomic E-state index is -0.841. The van der Waals surface area contributed by atoms with Gasteiger partial charge >= 0.3 is 5.97 Å². The second-order valence-electron chi connectivity index (χ2n) is 3.52. The Morgan fingerprint density at radius 3 is 2.21 bits per heavy atom. The van der Waals surface area contributed by atoms with Crippen LogP contribution in [-0.4, -0.2) is 61.0 Å². The van der Waals surface area contributed by atoms with E-state index >= 15 is 0 Å². The molecule has 0 saturated heterocycles. The van der Waals surface area contributed by atoms with E-state index in [4.69, 9.17) is 5.11 Å². The van der Waals surface area contributed by atoms with E-state index in [1.807, 2.05) is 0 Å².